The molecule has 0 radical (unpaired) electrons. The van der Waals surface area contributed by atoms with Crippen molar-refractivity contribution in [2.24, 2.45) is 0 Å². The second-order valence-electron chi connectivity index (χ2n) is 5.22. The van der Waals surface area contributed by atoms with Gasteiger partial charge in [0.1, 0.15) is 11.9 Å². The molecule has 0 saturated carbocycles. The van der Waals surface area contributed by atoms with Gasteiger partial charge < -0.3 is 14.8 Å². The first-order valence-corrected chi connectivity index (χ1v) is 6.79. The van der Waals surface area contributed by atoms with Gasteiger partial charge in [0, 0.05) is 4.47 Å². The normalized spacial score (nSPS) is 12.6. The maximum Gasteiger partial charge on any atom is 0.408 e. The minimum absolute atomic E-state index is 0.433. The van der Waals surface area contributed by atoms with Gasteiger partial charge in [-0.1, -0.05) is 28.1 Å². The zero-order valence-corrected chi connectivity index (χ0v) is 12.9. The van der Waals surface area contributed by atoms with Crippen LogP contribution in [0.3, 0.4) is 0 Å². The Balaban J connectivity index is 2.59. The Morgan fingerprint density at radius 1 is 1.47 bits per heavy atom. The van der Waals surface area contributed by atoms with Gasteiger partial charge in [-0.25, -0.2) is 4.79 Å². The molecule has 0 aliphatic rings. The van der Waals surface area contributed by atoms with Crippen molar-refractivity contribution in [2.45, 2.75) is 38.8 Å². The van der Waals surface area contributed by atoms with Gasteiger partial charge in [0.25, 0.3) is 0 Å². The van der Waals surface area contributed by atoms with Crippen LogP contribution in [0.25, 0.3) is 0 Å². The van der Waals surface area contributed by atoms with Crippen LogP contribution in [0.5, 0.6) is 0 Å². The summed E-state index contributed by atoms with van der Waals surface area (Å²) in [5.41, 5.74) is 0.385. The minimum Gasteiger partial charge on any atom is -0.444 e. The van der Waals surface area contributed by atoms with E-state index in [-0.39, 0.29) is 0 Å². The van der Waals surface area contributed by atoms with Gasteiger partial charge in [0.2, 0.25) is 0 Å². The fourth-order valence-corrected chi connectivity index (χ4v) is 1.96. The highest BCUT2D eigenvalue weighted by Gasteiger charge is 2.19. The first kappa shape index (κ1) is 15.7. The summed E-state index contributed by atoms with van der Waals surface area (Å²) in [6, 6.07) is 7.00. The summed E-state index contributed by atoms with van der Waals surface area (Å²) in [5, 5.41) is 2.55. The molecule has 0 heterocycles. The summed E-state index contributed by atoms with van der Waals surface area (Å²) in [7, 11) is 0. The highest BCUT2D eigenvalue weighted by molar-refractivity contribution is 9.10. The van der Waals surface area contributed by atoms with Crippen molar-refractivity contribution in [3.8, 4) is 0 Å². The second-order valence-corrected chi connectivity index (χ2v) is 6.14. The summed E-state index contributed by atoms with van der Waals surface area (Å²) < 4.78 is 6.05. The highest BCUT2D eigenvalue weighted by atomic mass is 79.9. The van der Waals surface area contributed by atoms with Gasteiger partial charge in [0.15, 0.2) is 0 Å². The molecule has 1 amide bonds. The summed E-state index contributed by atoms with van der Waals surface area (Å²) in [5.74, 6) is 0. The molecule has 0 aliphatic heterocycles. The number of aldehydes is 1. The molecule has 19 heavy (non-hydrogen) atoms. The molecule has 0 aliphatic carbocycles. The van der Waals surface area contributed by atoms with Crippen molar-refractivity contribution in [2.75, 3.05) is 0 Å². The van der Waals surface area contributed by atoms with Crippen LogP contribution >= 0.6 is 15.9 Å². The number of rotatable bonds is 4. The van der Waals surface area contributed by atoms with Gasteiger partial charge in [-0.15, -0.1) is 0 Å². The lowest BCUT2D eigenvalue weighted by molar-refractivity contribution is -0.109. The van der Waals surface area contributed by atoms with Crippen LogP contribution in [0.4, 0.5) is 4.79 Å². The van der Waals surface area contributed by atoms with Crippen molar-refractivity contribution in [3.63, 3.8) is 0 Å². The van der Waals surface area contributed by atoms with Gasteiger partial charge >= 0.3 is 6.09 Å². The van der Waals surface area contributed by atoms with Gasteiger partial charge in [-0.2, -0.15) is 0 Å². The molecule has 0 spiro atoms. The van der Waals surface area contributed by atoms with E-state index in [4.69, 9.17) is 4.74 Å². The maximum absolute atomic E-state index is 11.6. The van der Waals surface area contributed by atoms with Crippen molar-refractivity contribution in [1.29, 1.82) is 0 Å². The van der Waals surface area contributed by atoms with Crippen LogP contribution < -0.4 is 5.32 Å². The Kier molecular flexibility index (Phi) is 5.54. The number of benzene rings is 1. The van der Waals surface area contributed by atoms with Crippen molar-refractivity contribution < 1.29 is 14.3 Å². The zero-order valence-electron chi connectivity index (χ0n) is 11.3. The lowest BCUT2D eigenvalue weighted by Crippen LogP contribution is -2.41. The Morgan fingerprint density at radius 3 is 2.68 bits per heavy atom. The van der Waals surface area contributed by atoms with Crippen LogP contribution in [0, 0.1) is 0 Å². The van der Waals surface area contributed by atoms with E-state index in [1.807, 2.05) is 24.3 Å². The zero-order chi connectivity index (χ0) is 14.5. The minimum atomic E-state index is -0.593. The molecule has 104 valence electrons. The molecule has 1 atom stereocenters. The van der Waals surface area contributed by atoms with Gasteiger partial charge in [-0.05, 0) is 44.9 Å². The van der Waals surface area contributed by atoms with Crippen LogP contribution in [-0.4, -0.2) is 24.0 Å². The van der Waals surface area contributed by atoms with Gasteiger partial charge in [0.05, 0.1) is 6.04 Å². The van der Waals surface area contributed by atoms with E-state index in [9.17, 15) is 9.59 Å². The number of ether oxygens (including phenoxy) is 1. The topological polar surface area (TPSA) is 55.4 Å². The van der Waals surface area contributed by atoms with E-state index in [1.54, 1.807) is 20.8 Å². The van der Waals surface area contributed by atoms with Crippen LogP contribution in [0.15, 0.2) is 28.7 Å². The quantitative estimate of drug-likeness (QED) is 0.864. The number of nitrogens with one attached hydrogen (secondary N) is 1. The van der Waals surface area contributed by atoms with Crippen LogP contribution in [0.2, 0.25) is 0 Å². The van der Waals surface area contributed by atoms with Gasteiger partial charge in [-0.3, -0.25) is 0 Å². The third-order valence-corrected chi connectivity index (χ3v) is 2.70. The molecule has 1 aromatic carbocycles. The molecular weight excluding hydrogens is 310 g/mol. The average Bonchev–Trinajstić information content (AvgIpc) is 2.25. The Hall–Kier alpha value is -1.36. The average molecular weight is 328 g/mol. The SMILES string of the molecule is CC(C)(C)OC(=O)N[C@@H](C=O)Cc1cccc(Br)c1. The third kappa shape index (κ3) is 6.38. The predicted molar refractivity (Wildman–Crippen MR) is 77.1 cm³/mol. The number of carbonyl (C=O) groups excluding carboxylic acids is 2. The number of hydrogen-bond acceptors (Lipinski definition) is 3. The summed E-state index contributed by atoms with van der Waals surface area (Å²) in [6.45, 7) is 5.32. The molecule has 0 saturated heterocycles. The van der Waals surface area contributed by atoms with Crippen LogP contribution in [0.1, 0.15) is 26.3 Å². The Bertz CT molecular complexity index is 454. The largest absolute Gasteiger partial charge is 0.444 e. The highest BCUT2D eigenvalue weighted by Crippen LogP contribution is 2.13. The molecule has 4 nitrogen and oxygen atoms in total. The third-order valence-electron chi connectivity index (χ3n) is 2.21. The molecule has 5 heteroatoms. The molecule has 0 aromatic heterocycles. The number of amides is 1. The van der Waals surface area contributed by atoms with E-state index in [0.717, 1.165) is 10.0 Å². The molecule has 1 N–H and O–H groups in total. The van der Waals surface area contributed by atoms with Crippen molar-refractivity contribution in [3.05, 3.63) is 34.3 Å². The standard InChI is InChI=1S/C14H18BrNO3/c1-14(2,3)19-13(18)16-12(9-17)8-10-5-4-6-11(15)7-10/h4-7,9,12H,8H2,1-3H3,(H,16,18)/t12-/m1/s1. The first-order chi connectivity index (χ1) is 8.80. The van der Waals surface area contributed by atoms with E-state index in [0.29, 0.717) is 12.7 Å². The Morgan fingerprint density at radius 2 is 2.16 bits per heavy atom. The number of halogens is 1. The van der Waals surface area contributed by atoms with E-state index < -0.39 is 17.7 Å². The Labute approximate surface area is 121 Å². The molecule has 1 aromatic rings. The van der Waals surface area contributed by atoms with Crippen molar-refractivity contribution >= 4 is 28.3 Å². The van der Waals surface area contributed by atoms with Crippen LogP contribution in [-0.2, 0) is 16.0 Å². The molecule has 0 fully saturated rings. The second kappa shape index (κ2) is 6.70. The summed E-state index contributed by atoms with van der Waals surface area (Å²) in [6.07, 6.45) is 0.562. The molecular formula is C14H18BrNO3. The van der Waals surface area contributed by atoms with Crippen molar-refractivity contribution in [1.82, 2.24) is 5.32 Å². The lowest BCUT2D eigenvalue weighted by Gasteiger charge is -2.21. The predicted octanol–water partition coefficient (Wildman–Crippen LogP) is 3.08. The summed E-state index contributed by atoms with van der Waals surface area (Å²) >= 11 is 3.36. The molecule has 0 bridgehead atoms. The van der Waals surface area contributed by atoms with E-state index in [2.05, 4.69) is 21.2 Å². The first-order valence-electron chi connectivity index (χ1n) is 5.99. The summed E-state index contributed by atoms with van der Waals surface area (Å²) in [4.78, 5) is 22.6. The van der Waals surface area contributed by atoms with E-state index >= 15 is 0 Å². The van der Waals surface area contributed by atoms with E-state index in [1.165, 1.54) is 0 Å². The smallest absolute Gasteiger partial charge is 0.408 e. The molecule has 0 unspecified atom stereocenters. The number of hydrogen-bond donors (Lipinski definition) is 1. The molecule has 1 rings (SSSR count). The number of carbonyl (C=O) groups is 2. The monoisotopic (exact) mass is 327 g/mol. The maximum atomic E-state index is 11.6. The fourth-order valence-electron chi connectivity index (χ4n) is 1.51. The number of alkyl carbamates (subject to hydrolysis) is 1. The lowest BCUT2D eigenvalue weighted by atomic mass is 10.1. The fraction of sp³-hybridized carbons (Fsp3) is 0.429.